The summed E-state index contributed by atoms with van der Waals surface area (Å²) in [5.74, 6) is 0.0652. The molecular weight excluding hydrogens is 328 g/mol. The molecule has 5 heteroatoms. The number of para-hydroxylation sites is 1. The minimum absolute atomic E-state index is 0.0227. The molecule has 1 aromatic heterocycles. The van der Waals surface area contributed by atoms with Crippen molar-refractivity contribution >= 4 is 22.8 Å². The standard InChI is InChI=1S/C21H26N2O3/c1-3-21(12-9-18(25)26-2)11-8-17(24)23-13-10-15-14-6-4-5-7-16(14)22-19(15)20(21)23/h4-7,20,22H,3,8-13H2,1-2H3/t20-,21+/m1/s1. The number of fused-ring (bicyclic) bond motifs is 5. The van der Waals surface area contributed by atoms with Gasteiger partial charge >= 0.3 is 5.97 Å². The lowest BCUT2D eigenvalue weighted by Crippen LogP contribution is -2.52. The van der Waals surface area contributed by atoms with Gasteiger partial charge in [0.25, 0.3) is 0 Å². The zero-order valence-corrected chi connectivity index (χ0v) is 15.5. The third kappa shape index (κ3) is 2.52. The molecule has 1 N–H and O–H groups in total. The van der Waals surface area contributed by atoms with Crippen molar-refractivity contribution in [1.29, 1.82) is 0 Å². The predicted molar refractivity (Wildman–Crippen MR) is 99.7 cm³/mol. The maximum Gasteiger partial charge on any atom is 0.305 e. The molecule has 3 heterocycles. The van der Waals surface area contributed by atoms with E-state index < -0.39 is 0 Å². The van der Waals surface area contributed by atoms with Crippen LogP contribution in [0.25, 0.3) is 10.9 Å². The molecule has 0 radical (unpaired) electrons. The predicted octanol–water partition coefficient (Wildman–Crippen LogP) is 3.74. The highest BCUT2D eigenvalue weighted by molar-refractivity contribution is 5.86. The van der Waals surface area contributed by atoms with Gasteiger partial charge in [-0.1, -0.05) is 25.1 Å². The molecule has 5 nitrogen and oxygen atoms in total. The van der Waals surface area contributed by atoms with Crippen LogP contribution in [0.1, 0.15) is 56.3 Å². The molecule has 0 unspecified atom stereocenters. The average Bonchev–Trinajstić information content (AvgIpc) is 3.06. The minimum Gasteiger partial charge on any atom is -0.469 e. The number of nitrogens with zero attached hydrogens (tertiary/aromatic N) is 1. The van der Waals surface area contributed by atoms with Gasteiger partial charge in [0, 0.05) is 36.0 Å². The monoisotopic (exact) mass is 354 g/mol. The molecule has 2 aromatic rings. The van der Waals surface area contributed by atoms with E-state index in [1.54, 1.807) is 0 Å². The number of aromatic amines is 1. The Hall–Kier alpha value is -2.30. The van der Waals surface area contributed by atoms with Gasteiger partial charge in [-0.05, 0) is 42.7 Å². The highest BCUT2D eigenvalue weighted by Crippen LogP contribution is 2.54. The number of carbonyl (C=O) groups is 2. The van der Waals surface area contributed by atoms with Crippen LogP contribution in [0.3, 0.4) is 0 Å². The van der Waals surface area contributed by atoms with Gasteiger partial charge in [-0.2, -0.15) is 0 Å². The molecule has 2 aliphatic heterocycles. The van der Waals surface area contributed by atoms with Crippen molar-refractivity contribution < 1.29 is 14.3 Å². The summed E-state index contributed by atoms with van der Waals surface area (Å²) in [4.78, 5) is 30.2. The van der Waals surface area contributed by atoms with E-state index in [2.05, 4.69) is 35.0 Å². The second kappa shape index (κ2) is 6.45. The first-order valence-electron chi connectivity index (χ1n) is 9.55. The molecule has 2 atom stereocenters. The van der Waals surface area contributed by atoms with Crippen LogP contribution >= 0.6 is 0 Å². The fraction of sp³-hybridized carbons (Fsp3) is 0.524. The van der Waals surface area contributed by atoms with Crippen LogP contribution in [0.4, 0.5) is 0 Å². The van der Waals surface area contributed by atoms with E-state index in [0.29, 0.717) is 12.8 Å². The van der Waals surface area contributed by atoms with Gasteiger partial charge in [0.2, 0.25) is 5.91 Å². The van der Waals surface area contributed by atoms with E-state index in [1.807, 2.05) is 6.07 Å². The molecule has 138 valence electrons. The maximum atomic E-state index is 12.7. The normalized spacial score (nSPS) is 25.1. The van der Waals surface area contributed by atoms with Crippen molar-refractivity contribution in [3.63, 3.8) is 0 Å². The molecule has 1 saturated heterocycles. The lowest BCUT2D eigenvalue weighted by atomic mass is 9.65. The van der Waals surface area contributed by atoms with E-state index in [4.69, 9.17) is 4.74 Å². The lowest BCUT2D eigenvalue weighted by molar-refractivity contribution is -0.147. The largest absolute Gasteiger partial charge is 0.469 e. The first-order valence-corrected chi connectivity index (χ1v) is 9.55. The summed E-state index contributed by atoms with van der Waals surface area (Å²) >= 11 is 0. The Kier molecular flexibility index (Phi) is 4.25. The smallest absolute Gasteiger partial charge is 0.305 e. The van der Waals surface area contributed by atoms with Crippen LogP contribution in [0.15, 0.2) is 24.3 Å². The number of amides is 1. The average molecular weight is 354 g/mol. The van der Waals surface area contributed by atoms with Crippen molar-refractivity contribution in [2.75, 3.05) is 13.7 Å². The van der Waals surface area contributed by atoms with Crippen molar-refractivity contribution in [3.8, 4) is 0 Å². The second-order valence-corrected chi connectivity index (χ2v) is 7.59. The van der Waals surface area contributed by atoms with Crippen LogP contribution in [0.5, 0.6) is 0 Å². The van der Waals surface area contributed by atoms with Gasteiger partial charge in [0.05, 0.1) is 13.2 Å². The number of H-pyrrole nitrogens is 1. The van der Waals surface area contributed by atoms with Gasteiger partial charge in [-0.3, -0.25) is 9.59 Å². The summed E-state index contributed by atoms with van der Waals surface area (Å²) in [6.07, 6.45) is 4.37. The number of methoxy groups -OCH3 is 1. The van der Waals surface area contributed by atoms with Crippen LogP contribution < -0.4 is 0 Å². The molecule has 0 spiro atoms. The molecule has 26 heavy (non-hydrogen) atoms. The maximum absolute atomic E-state index is 12.7. The van der Waals surface area contributed by atoms with E-state index >= 15 is 0 Å². The van der Waals surface area contributed by atoms with Crippen LogP contribution in [-0.4, -0.2) is 35.4 Å². The van der Waals surface area contributed by atoms with Crippen LogP contribution in [0, 0.1) is 5.41 Å². The molecule has 1 amide bonds. The number of ether oxygens (including phenoxy) is 1. The Morgan fingerprint density at radius 3 is 2.92 bits per heavy atom. The molecule has 1 fully saturated rings. The van der Waals surface area contributed by atoms with Gasteiger partial charge in [-0.25, -0.2) is 0 Å². The lowest BCUT2D eigenvalue weighted by Gasteiger charge is -2.51. The first-order chi connectivity index (χ1) is 12.6. The fourth-order valence-electron chi connectivity index (χ4n) is 5.04. The summed E-state index contributed by atoms with van der Waals surface area (Å²) in [7, 11) is 1.44. The third-order valence-electron chi connectivity index (χ3n) is 6.53. The number of carbonyl (C=O) groups excluding carboxylic acids is 2. The van der Waals surface area contributed by atoms with Crippen molar-refractivity contribution in [2.45, 2.75) is 51.5 Å². The number of hydrogen-bond acceptors (Lipinski definition) is 3. The van der Waals surface area contributed by atoms with Crippen molar-refractivity contribution in [2.24, 2.45) is 5.41 Å². The first kappa shape index (κ1) is 17.1. The van der Waals surface area contributed by atoms with E-state index in [1.165, 1.54) is 23.8 Å². The molecule has 0 saturated carbocycles. The number of esters is 1. The van der Waals surface area contributed by atoms with Crippen LogP contribution in [0.2, 0.25) is 0 Å². The van der Waals surface area contributed by atoms with Crippen molar-refractivity contribution in [3.05, 3.63) is 35.5 Å². The van der Waals surface area contributed by atoms with Crippen molar-refractivity contribution in [1.82, 2.24) is 9.88 Å². The highest BCUT2D eigenvalue weighted by atomic mass is 16.5. The molecule has 0 aliphatic carbocycles. The number of nitrogens with one attached hydrogen (secondary N) is 1. The summed E-state index contributed by atoms with van der Waals surface area (Å²) < 4.78 is 4.88. The van der Waals surface area contributed by atoms with E-state index in [9.17, 15) is 9.59 Å². The summed E-state index contributed by atoms with van der Waals surface area (Å²) in [6, 6.07) is 8.39. The topological polar surface area (TPSA) is 62.4 Å². The van der Waals surface area contributed by atoms with E-state index in [-0.39, 0.29) is 23.3 Å². The zero-order valence-electron chi connectivity index (χ0n) is 15.5. The van der Waals surface area contributed by atoms with Gasteiger partial charge in [0.15, 0.2) is 0 Å². The molecule has 4 rings (SSSR count). The summed E-state index contributed by atoms with van der Waals surface area (Å²) in [6.45, 7) is 2.94. The number of aromatic nitrogens is 1. The number of benzene rings is 1. The SMILES string of the molecule is CC[C@@]1(CCC(=O)OC)CCC(=O)N2CCc3c([nH]c4ccccc34)[C@@H]21. The molecule has 0 bridgehead atoms. The van der Waals surface area contributed by atoms with Gasteiger partial charge in [-0.15, -0.1) is 0 Å². The Morgan fingerprint density at radius 2 is 2.15 bits per heavy atom. The molecule has 2 aliphatic rings. The summed E-state index contributed by atoms with van der Waals surface area (Å²) in [5, 5.41) is 1.26. The number of rotatable bonds is 4. The second-order valence-electron chi connectivity index (χ2n) is 7.59. The minimum atomic E-state index is -0.172. The van der Waals surface area contributed by atoms with Gasteiger partial charge in [0.1, 0.15) is 0 Å². The Labute approximate surface area is 153 Å². The number of hydrogen-bond donors (Lipinski definition) is 1. The fourth-order valence-corrected chi connectivity index (χ4v) is 5.04. The molecular formula is C21H26N2O3. The quantitative estimate of drug-likeness (QED) is 0.851. The zero-order chi connectivity index (χ0) is 18.3. The van der Waals surface area contributed by atoms with Crippen LogP contribution in [-0.2, 0) is 20.7 Å². The Balaban J connectivity index is 1.81. The van der Waals surface area contributed by atoms with Gasteiger partial charge < -0.3 is 14.6 Å². The molecule has 1 aromatic carbocycles. The highest BCUT2D eigenvalue weighted by Gasteiger charge is 2.50. The summed E-state index contributed by atoms with van der Waals surface area (Å²) in [5.41, 5.74) is 3.57. The Bertz CT molecular complexity index is 856. The third-order valence-corrected chi connectivity index (χ3v) is 6.53. The van der Waals surface area contributed by atoms with E-state index in [0.717, 1.165) is 37.7 Å². The Morgan fingerprint density at radius 1 is 1.35 bits per heavy atom. The number of piperidine rings is 1.